The van der Waals surface area contributed by atoms with Gasteiger partial charge in [-0.25, -0.2) is 5.11 Å². The maximum absolute atomic E-state index is 9.90. The Morgan fingerprint density at radius 3 is 2.33 bits per heavy atom. The minimum absolute atomic E-state index is 0.154. The second-order valence-corrected chi connectivity index (χ2v) is 2.14. The molecule has 0 aromatic carbocycles. The molecular formula is C5H9O. The van der Waals surface area contributed by atoms with Crippen LogP contribution in [0.15, 0.2) is 0 Å². The minimum Gasteiger partial charge on any atom is -0.236 e. The van der Waals surface area contributed by atoms with Crippen molar-refractivity contribution in [2.24, 2.45) is 11.8 Å². The van der Waals surface area contributed by atoms with Gasteiger partial charge < -0.3 is 0 Å². The first-order chi connectivity index (χ1) is 2.84. The molecule has 1 nitrogen and oxygen atoms in total. The van der Waals surface area contributed by atoms with Crippen LogP contribution < -0.4 is 0 Å². The van der Waals surface area contributed by atoms with E-state index in [1.54, 1.807) is 0 Å². The molecular weight excluding hydrogens is 76.1 g/mol. The van der Waals surface area contributed by atoms with Gasteiger partial charge in [-0.1, -0.05) is 6.92 Å². The average molecular weight is 85.1 g/mol. The van der Waals surface area contributed by atoms with E-state index in [2.05, 4.69) is 6.92 Å². The Morgan fingerprint density at radius 2 is 2.33 bits per heavy atom. The van der Waals surface area contributed by atoms with Gasteiger partial charge in [0.05, 0.1) is 6.61 Å². The zero-order valence-electron chi connectivity index (χ0n) is 3.98. The van der Waals surface area contributed by atoms with E-state index >= 15 is 0 Å². The summed E-state index contributed by atoms with van der Waals surface area (Å²) >= 11 is 0. The van der Waals surface area contributed by atoms with Gasteiger partial charge in [0.25, 0.3) is 0 Å². The standard InChI is InChI=1S/C5H9O/c1-4-2-5(4)3-6/h4-5H,2-3H2,1H3. The molecule has 1 saturated carbocycles. The van der Waals surface area contributed by atoms with Crippen molar-refractivity contribution >= 4 is 0 Å². The average Bonchev–Trinajstić information content (AvgIpc) is 2.19. The van der Waals surface area contributed by atoms with Gasteiger partial charge in [-0.15, -0.1) is 0 Å². The van der Waals surface area contributed by atoms with Gasteiger partial charge in [0.1, 0.15) is 0 Å². The largest absolute Gasteiger partial charge is 0.236 e. The third-order valence-electron chi connectivity index (χ3n) is 1.49. The van der Waals surface area contributed by atoms with Crippen molar-refractivity contribution in [1.29, 1.82) is 0 Å². The lowest BCUT2D eigenvalue weighted by atomic mass is 10.4. The van der Waals surface area contributed by atoms with E-state index in [1.807, 2.05) is 0 Å². The summed E-state index contributed by atoms with van der Waals surface area (Å²) in [5.74, 6) is 1.30. The Morgan fingerprint density at radius 1 is 1.83 bits per heavy atom. The maximum atomic E-state index is 9.90. The number of hydrogen-bond acceptors (Lipinski definition) is 0. The third-order valence-corrected chi connectivity index (χ3v) is 1.49. The first-order valence-corrected chi connectivity index (χ1v) is 2.42. The summed E-state index contributed by atoms with van der Waals surface area (Å²) in [7, 11) is 0. The van der Waals surface area contributed by atoms with Gasteiger partial charge in [-0.3, -0.25) is 0 Å². The Kier molecular flexibility index (Phi) is 0.845. The molecule has 6 heavy (non-hydrogen) atoms. The predicted molar refractivity (Wildman–Crippen MR) is 22.8 cm³/mol. The summed E-state index contributed by atoms with van der Waals surface area (Å²) in [6.07, 6.45) is 1.18. The smallest absolute Gasteiger partial charge is 0.0853 e. The van der Waals surface area contributed by atoms with Crippen LogP contribution in [0.1, 0.15) is 13.3 Å². The molecule has 1 radical (unpaired) electrons. The van der Waals surface area contributed by atoms with Crippen molar-refractivity contribution < 1.29 is 5.11 Å². The summed E-state index contributed by atoms with van der Waals surface area (Å²) in [5, 5.41) is 9.90. The molecule has 2 unspecified atom stereocenters. The molecule has 1 aliphatic carbocycles. The summed E-state index contributed by atoms with van der Waals surface area (Å²) in [6.45, 7) is 2.28. The van der Waals surface area contributed by atoms with E-state index in [1.165, 1.54) is 6.42 Å². The SMILES string of the molecule is CC1CC1C[O]. The zero-order valence-corrected chi connectivity index (χ0v) is 3.98. The van der Waals surface area contributed by atoms with E-state index in [0.717, 1.165) is 5.92 Å². The maximum Gasteiger partial charge on any atom is 0.0853 e. The normalized spacial score (nSPS) is 43.0. The molecule has 1 heteroatoms. The first-order valence-electron chi connectivity index (χ1n) is 2.42. The molecule has 0 bridgehead atoms. The number of rotatable bonds is 1. The van der Waals surface area contributed by atoms with Crippen LogP contribution in [0.4, 0.5) is 0 Å². The van der Waals surface area contributed by atoms with Crippen molar-refractivity contribution in [2.75, 3.05) is 6.61 Å². The van der Waals surface area contributed by atoms with Gasteiger partial charge in [-0.05, 0) is 18.3 Å². The van der Waals surface area contributed by atoms with Crippen molar-refractivity contribution in [3.63, 3.8) is 0 Å². The van der Waals surface area contributed by atoms with Crippen LogP contribution in [0, 0.1) is 11.8 Å². The van der Waals surface area contributed by atoms with E-state index in [4.69, 9.17) is 0 Å². The Bertz CT molecular complexity index is 49.9. The Labute approximate surface area is 38.0 Å². The highest BCUT2D eigenvalue weighted by atomic mass is 16.3. The van der Waals surface area contributed by atoms with Gasteiger partial charge in [0.15, 0.2) is 0 Å². The van der Waals surface area contributed by atoms with Crippen LogP contribution in [0.25, 0.3) is 0 Å². The van der Waals surface area contributed by atoms with Gasteiger partial charge >= 0.3 is 0 Å². The fourth-order valence-electron chi connectivity index (χ4n) is 0.631. The second-order valence-electron chi connectivity index (χ2n) is 2.14. The van der Waals surface area contributed by atoms with E-state index in [-0.39, 0.29) is 6.61 Å². The zero-order chi connectivity index (χ0) is 4.57. The summed E-state index contributed by atoms with van der Waals surface area (Å²) in [6, 6.07) is 0. The van der Waals surface area contributed by atoms with Crippen LogP contribution in [0.2, 0.25) is 0 Å². The second kappa shape index (κ2) is 1.23. The third kappa shape index (κ3) is 0.548. The lowest BCUT2D eigenvalue weighted by Gasteiger charge is -1.76. The van der Waals surface area contributed by atoms with Crippen LogP contribution in [-0.4, -0.2) is 6.61 Å². The van der Waals surface area contributed by atoms with Crippen LogP contribution >= 0.6 is 0 Å². The van der Waals surface area contributed by atoms with Crippen LogP contribution in [0.5, 0.6) is 0 Å². The molecule has 1 fully saturated rings. The Balaban J connectivity index is 2.09. The fraction of sp³-hybridized carbons (Fsp3) is 1.00. The molecule has 2 atom stereocenters. The topological polar surface area (TPSA) is 19.9 Å². The van der Waals surface area contributed by atoms with Gasteiger partial charge in [-0.2, -0.15) is 0 Å². The summed E-state index contributed by atoms with van der Waals surface area (Å²) < 4.78 is 0. The van der Waals surface area contributed by atoms with Crippen LogP contribution in [0.3, 0.4) is 0 Å². The lowest BCUT2D eigenvalue weighted by molar-refractivity contribution is 0.175. The molecule has 1 aliphatic rings. The molecule has 0 saturated heterocycles. The molecule has 0 aliphatic heterocycles. The van der Waals surface area contributed by atoms with Crippen molar-refractivity contribution in [1.82, 2.24) is 0 Å². The van der Waals surface area contributed by atoms with E-state index in [0.29, 0.717) is 5.92 Å². The van der Waals surface area contributed by atoms with Gasteiger partial charge in [0, 0.05) is 0 Å². The summed E-state index contributed by atoms with van der Waals surface area (Å²) in [4.78, 5) is 0. The lowest BCUT2D eigenvalue weighted by Crippen LogP contribution is -1.81. The molecule has 0 N–H and O–H groups in total. The van der Waals surface area contributed by atoms with Crippen molar-refractivity contribution in [2.45, 2.75) is 13.3 Å². The highest BCUT2D eigenvalue weighted by molar-refractivity contribution is 4.80. The van der Waals surface area contributed by atoms with Crippen LogP contribution in [-0.2, 0) is 5.11 Å². The first kappa shape index (κ1) is 4.13. The van der Waals surface area contributed by atoms with E-state index in [9.17, 15) is 5.11 Å². The molecule has 0 heterocycles. The number of hydrogen-bond donors (Lipinski definition) is 0. The monoisotopic (exact) mass is 85.1 g/mol. The Hall–Kier alpha value is -0.0400. The molecule has 1 rings (SSSR count). The molecule has 0 amide bonds. The molecule has 0 spiro atoms. The highest BCUT2D eigenvalue weighted by Gasteiger charge is 2.31. The molecule has 0 aromatic heterocycles. The highest BCUT2D eigenvalue weighted by Crippen LogP contribution is 2.36. The summed E-state index contributed by atoms with van der Waals surface area (Å²) in [5.41, 5.74) is 0. The van der Waals surface area contributed by atoms with Crippen molar-refractivity contribution in [3.05, 3.63) is 0 Å². The predicted octanol–water partition coefficient (Wildman–Crippen LogP) is 1.07. The van der Waals surface area contributed by atoms with E-state index < -0.39 is 0 Å². The minimum atomic E-state index is 0.154. The molecule has 0 aromatic rings. The fourth-order valence-corrected chi connectivity index (χ4v) is 0.631. The van der Waals surface area contributed by atoms with Gasteiger partial charge in [0.2, 0.25) is 0 Å². The van der Waals surface area contributed by atoms with Crippen molar-refractivity contribution in [3.8, 4) is 0 Å². The molecule has 35 valence electrons. The quantitative estimate of drug-likeness (QED) is 0.454.